The van der Waals surface area contributed by atoms with Crippen molar-refractivity contribution < 1.29 is 14.5 Å². The largest absolute Gasteiger partial charge is 0.490 e. The van der Waals surface area contributed by atoms with Gasteiger partial charge in [-0.05, 0) is 24.1 Å². The van der Waals surface area contributed by atoms with Crippen molar-refractivity contribution in [2.24, 2.45) is 0 Å². The number of nitro benzene ring substituents is 1. The summed E-state index contributed by atoms with van der Waals surface area (Å²) in [5.74, 6) is 1.09. The Morgan fingerprint density at radius 2 is 1.96 bits per heavy atom. The average Bonchev–Trinajstić information content (AvgIpc) is 2.67. The summed E-state index contributed by atoms with van der Waals surface area (Å²) in [5.41, 5.74) is 1.81. The lowest BCUT2D eigenvalue weighted by atomic mass is 10.1. The molecular weight excluding hydrogens is 352 g/mol. The maximum atomic E-state index is 12.4. The summed E-state index contributed by atoms with van der Waals surface area (Å²) < 4.78 is 4.99. The van der Waals surface area contributed by atoms with Crippen LogP contribution >= 0.6 is 11.8 Å². The number of hydrogen-bond donors (Lipinski definition) is 0. The molecule has 26 heavy (non-hydrogen) atoms. The van der Waals surface area contributed by atoms with Gasteiger partial charge in [-0.15, -0.1) is 11.8 Å². The van der Waals surface area contributed by atoms with E-state index in [2.05, 4.69) is 0 Å². The molecule has 0 saturated carbocycles. The van der Waals surface area contributed by atoms with Crippen LogP contribution in [0.1, 0.15) is 24.1 Å². The van der Waals surface area contributed by atoms with Crippen LogP contribution in [0.15, 0.2) is 48.5 Å². The number of amides is 1. The molecule has 1 unspecified atom stereocenters. The molecule has 2 aromatic rings. The summed E-state index contributed by atoms with van der Waals surface area (Å²) in [5, 5.41) is 11.1. The van der Waals surface area contributed by atoms with Crippen molar-refractivity contribution in [2.75, 3.05) is 19.9 Å². The first-order valence-electron chi connectivity index (χ1n) is 8.13. The molecule has 2 aromatic carbocycles. The summed E-state index contributed by atoms with van der Waals surface area (Å²) in [7, 11) is 3.19. The van der Waals surface area contributed by atoms with Gasteiger partial charge in [-0.1, -0.05) is 36.4 Å². The fourth-order valence-electron chi connectivity index (χ4n) is 2.50. The standard InChI is InChI=1S/C19H22N2O4S/c1-14(16-7-5-4-6-8-16)20(2)19(22)13-26-12-15-9-10-18(25-3)17(11-15)21(23)24/h4-11,14H,12-13H2,1-3H3. The van der Waals surface area contributed by atoms with Crippen LogP contribution in [0.5, 0.6) is 5.75 Å². The van der Waals surface area contributed by atoms with Crippen molar-refractivity contribution >= 4 is 23.4 Å². The Hall–Kier alpha value is -2.54. The molecule has 0 heterocycles. The molecule has 0 aromatic heterocycles. The van der Waals surface area contributed by atoms with Gasteiger partial charge in [0.1, 0.15) is 0 Å². The molecule has 2 rings (SSSR count). The molecule has 0 fully saturated rings. The van der Waals surface area contributed by atoms with Crippen LogP contribution < -0.4 is 4.74 Å². The number of carbonyl (C=O) groups is 1. The quantitative estimate of drug-likeness (QED) is 0.515. The van der Waals surface area contributed by atoms with E-state index >= 15 is 0 Å². The molecule has 0 aliphatic heterocycles. The zero-order chi connectivity index (χ0) is 19.1. The summed E-state index contributed by atoms with van der Waals surface area (Å²) in [6.07, 6.45) is 0. The SMILES string of the molecule is COc1ccc(CSCC(=O)N(C)C(C)c2ccccc2)cc1[N+](=O)[O-]. The van der Waals surface area contributed by atoms with E-state index in [0.717, 1.165) is 11.1 Å². The summed E-state index contributed by atoms with van der Waals surface area (Å²) in [4.78, 5) is 24.7. The van der Waals surface area contributed by atoms with Gasteiger partial charge in [-0.3, -0.25) is 14.9 Å². The third-order valence-corrected chi connectivity index (χ3v) is 5.18. The van der Waals surface area contributed by atoms with Crippen molar-refractivity contribution in [3.05, 3.63) is 69.8 Å². The highest BCUT2D eigenvalue weighted by atomic mass is 32.2. The van der Waals surface area contributed by atoms with Gasteiger partial charge in [-0.25, -0.2) is 0 Å². The second-order valence-corrected chi connectivity index (χ2v) is 6.83. The van der Waals surface area contributed by atoms with Crippen LogP contribution in [0.25, 0.3) is 0 Å². The van der Waals surface area contributed by atoms with E-state index in [1.165, 1.54) is 24.9 Å². The third-order valence-electron chi connectivity index (χ3n) is 4.19. The van der Waals surface area contributed by atoms with Crippen molar-refractivity contribution in [3.8, 4) is 5.75 Å². The molecule has 0 radical (unpaired) electrons. The lowest BCUT2D eigenvalue weighted by Gasteiger charge is -2.25. The van der Waals surface area contributed by atoms with Crippen LogP contribution in [-0.2, 0) is 10.5 Å². The Balaban J connectivity index is 1.92. The Morgan fingerprint density at radius 1 is 1.27 bits per heavy atom. The minimum absolute atomic E-state index is 0.00799. The van der Waals surface area contributed by atoms with Gasteiger partial charge in [0.05, 0.1) is 23.8 Å². The Bertz CT molecular complexity index is 767. The van der Waals surface area contributed by atoms with E-state index < -0.39 is 4.92 Å². The Morgan fingerprint density at radius 3 is 2.58 bits per heavy atom. The number of benzene rings is 2. The van der Waals surface area contributed by atoms with Crippen LogP contribution in [0.2, 0.25) is 0 Å². The Kier molecular flexibility index (Phi) is 7.03. The minimum atomic E-state index is -0.465. The maximum absolute atomic E-state index is 12.4. The molecule has 0 bridgehead atoms. The lowest BCUT2D eigenvalue weighted by molar-refractivity contribution is -0.385. The monoisotopic (exact) mass is 374 g/mol. The molecule has 7 heteroatoms. The highest BCUT2D eigenvalue weighted by molar-refractivity contribution is 7.99. The number of ether oxygens (including phenoxy) is 1. The number of rotatable bonds is 8. The van der Waals surface area contributed by atoms with E-state index in [-0.39, 0.29) is 23.4 Å². The molecule has 0 N–H and O–H groups in total. The van der Waals surface area contributed by atoms with Crippen molar-refractivity contribution in [1.82, 2.24) is 4.90 Å². The zero-order valence-electron chi connectivity index (χ0n) is 15.0. The lowest BCUT2D eigenvalue weighted by Crippen LogP contribution is -2.31. The molecule has 0 saturated heterocycles. The van der Waals surface area contributed by atoms with Gasteiger partial charge < -0.3 is 9.64 Å². The number of hydrogen-bond acceptors (Lipinski definition) is 5. The molecule has 138 valence electrons. The number of carbonyl (C=O) groups excluding carboxylic acids is 1. The second kappa shape index (κ2) is 9.24. The van der Waals surface area contributed by atoms with Gasteiger partial charge in [0, 0.05) is 18.9 Å². The molecule has 1 amide bonds. The van der Waals surface area contributed by atoms with Gasteiger partial charge in [0.2, 0.25) is 5.91 Å². The number of methoxy groups -OCH3 is 1. The molecule has 6 nitrogen and oxygen atoms in total. The number of nitrogens with zero attached hydrogens (tertiary/aromatic N) is 2. The van der Waals surface area contributed by atoms with Crippen molar-refractivity contribution in [3.63, 3.8) is 0 Å². The zero-order valence-corrected chi connectivity index (χ0v) is 15.9. The van der Waals surface area contributed by atoms with Gasteiger partial charge in [0.15, 0.2) is 5.75 Å². The van der Waals surface area contributed by atoms with Crippen LogP contribution in [-0.4, -0.2) is 35.6 Å². The smallest absolute Gasteiger partial charge is 0.311 e. The van der Waals surface area contributed by atoms with Crippen molar-refractivity contribution in [1.29, 1.82) is 0 Å². The third kappa shape index (κ3) is 4.98. The summed E-state index contributed by atoms with van der Waals surface area (Å²) in [6.45, 7) is 1.99. The average molecular weight is 374 g/mol. The molecular formula is C19H22N2O4S. The van der Waals surface area contributed by atoms with Gasteiger partial charge in [0.25, 0.3) is 0 Å². The normalized spacial score (nSPS) is 11.7. The van der Waals surface area contributed by atoms with Crippen LogP contribution in [0.3, 0.4) is 0 Å². The van der Waals surface area contributed by atoms with Crippen molar-refractivity contribution in [2.45, 2.75) is 18.7 Å². The van der Waals surface area contributed by atoms with E-state index in [9.17, 15) is 14.9 Å². The highest BCUT2D eigenvalue weighted by Crippen LogP contribution is 2.29. The highest BCUT2D eigenvalue weighted by Gasteiger charge is 2.18. The summed E-state index contributed by atoms with van der Waals surface area (Å²) in [6, 6.07) is 14.7. The van der Waals surface area contributed by atoms with Gasteiger partial charge >= 0.3 is 5.69 Å². The van der Waals surface area contributed by atoms with Gasteiger partial charge in [-0.2, -0.15) is 0 Å². The first kappa shape index (κ1) is 19.8. The fraction of sp³-hybridized carbons (Fsp3) is 0.316. The summed E-state index contributed by atoms with van der Waals surface area (Å²) >= 11 is 1.43. The Labute approximate surface area is 157 Å². The maximum Gasteiger partial charge on any atom is 0.311 e. The van der Waals surface area contributed by atoms with E-state index in [1.807, 2.05) is 37.3 Å². The first-order valence-corrected chi connectivity index (χ1v) is 9.29. The van der Waals surface area contributed by atoms with E-state index in [1.54, 1.807) is 24.1 Å². The fourth-order valence-corrected chi connectivity index (χ4v) is 3.39. The molecule has 1 atom stereocenters. The topological polar surface area (TPSA) is 72.7 Å². The number of nitro groups is 1. The molecule has 0 spiro atoms. The van der Waals surface area contributed by atoms with Crippen LogP contribution in [0.4, 0.5) is 5.69 Å². The van der Waals surface area contributed by atoms with E-state index in [4.69, 9.17) is 4.74 Å². The predicted molar refractivity (Wildman–Crippen MR) is 103 cm³/mol. The second-order valence-electron chi connectivity index (χ2n) is 5.85. The first-order chi connectivity index (χ1) is 12.4. The number of thioether (sulfide) groups is 1. The molecule has 0 aliphatic rings. The predicted octanol–water partition coefficient (Wildman–Crippen LogP) is 4.06. The molecule has 0 aliphatic carbocycles. The minimum Gasteiger partial charge on any atom is -0.490 e. The van der Waals surface area contributed by atoms with E-state index in [0.29, 0.717) is 11.5 Å². The van der Waals surface area contributed by atoms with Crippen LogP contribution in [0, 0.1) is 10.1 Å².